The molecule has 0 amide bonds. The van der Waals surface area contributed by atoms with Crippen LogP contribution >= 0.6 is 11.6 Å². The summed E-state index contributed by atoms with van der Waals surface area (Å²) in [4.78, 5) is 22.7. The van der Waals surface area contributed by atoms with Gasteiger partial charge in [-0.15, -0.1) is 11.6 Å². The molecule has 0 bridgehead atoms. The second-order valence-corrected chi connectivity index (χ2v) is 4.64. The molecule has 0 saturated heterocycles. The third kappa shape index (κ3) is 5.97. The van der Waals surface area contributed by atoms with Crippen molar-refractivity contribution < 1.29 is 9.59 Å². The van der Waals surface area contributed by atoms with E-state index in [9.17, 15) is 9.59 Å². The molecule has 1 aromatic rings. The molecule has 1 rings (SSSR count). The van der Waals surface area contributed by atoms with E-state index in [1.54, 1.807) is 0 Å². The average molecular weight is 267 g/mol. The number of benzene rings is 1. The van der Waals surface area contributed by atoms with E-state index >= 15 is 0 Å². The second-order valence-electron chi connectivity index (χ2n) is 4.38. The fourth-order valence-corrected chi connectivity index (χ4v) is 1.93. The fourth-order valence-electron chi connectivity index (χ4n) is 1.80. The number of alkyl halides is 1. The van der Waals surface area contributed by atoms with E-state index < -0.39 is 0 Å². The summed E-state index contributed by atoms with van der Waals surface area (Å²) < 4.78 is 0. The van der Waals surface area contributed by atoms with Gasteiger partial charge in [-0.25, -0.2) is 0 Å². The quantitative estimate of drug-likeness (QED) is 0.384. The molecule has 98 valence electrons. The Morgan fingerprint density at radius 3 is 2.11 bits per heavy atom. The van der Waals surface area contributed by atoms with Gasteiger partial charge in [0, 0.05) is 18.4 Å². The van der Waals surface area contributed by atoms with Gasteiger partial charge in [-0.05, 0) is 12.8 Å². The topological polar surface area (TPSA) is 34.1 Å². The zero-order chi connectivity index (χ0) is 13.2. The molecule has 0 aliphatic carbocycles. The van der Waals surface area contributed by atoms with Crippen LogP contribution in [0.3, 0.4) is 0 Å². The minimum atomic E-state index is 0.108. The van der Waals surface area contributed by atoms with E-state index in [0.717, 1.165) is 31.2 Å². The summed E-state index contributed by atoms with van der Waals surface area (Å²) in [6, 6.07) is 9.36. The molecule has 0 aliphatic rings. The van der Waals surface area contributed by atoms with Crippen molar-refractivity contribution in [2.45, 2.75) is 38.5 Å². The smallest absolute Gasteiger partial charge is 0.162 e. The van der Waals surface area contributed by atoms with E-state index in [1.807, 2.05) is 30.3 Å². The monoisotopic (exact) mass is 266 g/mol. The maximum absolute atomic E-state index is 11.8. The lowest BCUT2D eigenvalue weighted by Crippen LogP contribution is -1.99. The summed E-state index contributed by atoms with van der Waals surface area (Å²) in [5.74, 6) is 0.427. The van der Waals surface area contributed by atoms with Crippen LogP contribution in [0.2, 0.25) is 0 Å². The number of unbranched alkanes of at least 4 members (excludes halogenated alkanes) is 3. The summed E-state index contributed by atoms with van der Waals surface area (Å²) in [5, 5.41) is 0. The molecule has 0 heterocycles. The highest BCUT2D eigenvalue weighted by molar-refractivity contribution is 6.27. The summed E-state index contributed by atoms with van der Waals surface area (Å²) in [6.45, 7) is 0. The van der Waals surface area contributed by atoms with Gasteiger partial charge in [0.05, 0.1) is 5.88 Å². The molecule has 0 aromatic heterocycles. The van der Waals surface area contributed by atoms with Crippen molar-refractivity contribution in [1.82, 2.24) is 0 Å². The first-order valence-electron chi connectivity index (χ1n) is 6.40. The molecular formula is C15H19ClO2. The molecule has 2 nitrogen and oxygen atoms in total. The summed E-state index contributed by atoms with van der Waals surface area (Å²) in [7, 11) is 0. The molecular weight excluding hydrogens is 248 g/mol. The molecule has 0 aliphatic heterocycles. The van der Waals surface area contributed by atoms with Crippen molar-refractivity contribution in [3.63, 3.8) is 0 Å². The number of hydrogen-bond donors (Lipinski definition) is 0. The Morgan fingerprint density at radius 1 is 0.889 bits per heavy atom. The van der Waals surface area contributed by atoms with Crippen LogP contribution in [-0.4, -0.2) is 17.4 Å². The number of rotatable bonds is 9. The van der Waals surface area contributed by atoms with Crippen molar-refractivity contribution in [2.75, 3.05) is 5.88 Å². The minimum Gasteiger partial charge on any atom is -0.298 e. The fraction of sp³-hybridized carbons (Fsp3) is 0.467. The van der Waals surface area contributed by atoms with Gasteiger partial charge in [-0.1, -0.05) is 43.2 Å². The molecule has 0 radical (unpaired) electrons. The first-order chi connectivity index (χ1) is 8.74. The van der Waals surface area contributed by atoms with Gasteiger partial charge < -0.3 is 0 Å². The van der Waals surface area contributed by atoms with Crippen LogP contribution < -0.4 is 0 Å². The number of ketones is 2. The normalized spacial score (nSPS) is 10.3. The van der Waals surface area contributed by atoms with Crippen LogP contribution in [0.15, 0.2) is 30.3 Å². The van der Waals surface area contributed by atoms with Crippen molar-refractivity contribution in [3.05, 3.63) is 35.9 Å². The highest BCUT2D eigenvalue weighted by Gasteiger charge is 2.04. The highest BCUT2D eigenvalue weighted by Crippen LogP contribution is 2.10. The number of carbonyl (C=O) groups excluding carboxylic acids is 2. The molecule has 0 unspecified atom stereocenters. The predicted molar refractivity (Wildman–Crippen MR) is 74.2 cm³/mol. The van der Waals surface area contributed by atoms with Crippen LogP contribution in [0.4, 0.5) is 0 Å². The standard InChI is InChI=1S/C15H19ClO2/c16-12-14(17)10-6-1-2-7-11-15(18)13-8-4-3-5-9-13/h3-5,8-9H,1-2,6-7,10-12H2. The summed E-state index contributed by atoms with van der Waals surface area (Å²) >= 11 is 5.41. The first kappa shape index (κ1) is 14.9. The van der Waals surface area contributed by atoms with Gasteiger partial charge in [0.2, 0.25) is 0 Å². The van der Waals surface area contributed by atoms with Crippen LogP contribution in [0, 0.1) is 0 Å². The van der Waals surface area contributed by atoms with Crippen molar-refractivity contribution in [3.8, 4) is 0 Å². The van der Waals surface area contributed by atoms with E-state index in [-0.39, 0.29) is 17.4 Å². The molecule has 3 heteroatoms. The Hall–Kier alpha value is -1.15. The Kier molecular flexibility index (Phi) is 7.35. The van der Waals surface area contributed by atoms with Crippen molar-refractivity contribution >= 4 is 23.2 Å². The van der Waals surface area contributed by atoms with Gasteiger partial charge >= 0.3 is 0 Å². The maximum atomic E-state index is 11.8. The lowest BCUT2D eigenvalue weighted by molar-refractivity contribution is -0.116. The Morgan fingerprint density at radius 2 is 1.50 bits per heavy atom. The van der Waals surface area contributed by atoms with E-state index in [4.69, 9.17) is 11.6 Å². The number of halogens is 1. The lowest BCUT2D eigenvalue weighted by Gasteiger charge is -2.01. The summed E-state index contributed by atoms with van der Waals surface area (Å²) in [5.41, 5.74) is 0.787. The third-order valence-corrected chi connectivity index (χ3v) is 3.15. The zero-order valence-electron chi connectivity index (χ0n) is 10.5. The Bertz CT molecular complexity index is 373. The predicted octanol–water partition coefficient (Wildman–Crippen LogP) is 4.02. The molecule has 0 N–H and O–H groups in total. The maximum Gasteiger partial charge on any atom is 0.162 e. The van der Waals surface area contributed by atoms with Gasteiger partial charge in [-0.2, -0.15) is 0 Å². The lowest BCUT2D eigenvalue weighted by atomic mass is 10.0. The molecule has 18 heavy (non-hydrogen) atoms. The van der Waals surface area contributed by atoms with Crippen LogP contribution in [0.5, 0.6) is 0 Å². The summed E-state index contributed by atoms with van der Waals surface area (Å²) in [6.07, 6.45) is 4.91. The minimum absolute atomic E-state index is 0.108. The SMILES string of the molecule is O=C(CCl)CCCCCCC(=O)c1ccccc1. The first-order valence-corrected chi connectivity index (χ1v) is 6.93. The van der Waals surface area contributed by atoms with Gasteiger partial charge in [0.25, 0.3) is 0 Å². The van der Waals surface area contributed by atoms with E-state index in [2.05, 4.69) is 0 Å². The Labute approximate surface area is 113 Å². The van der Waals surface area contributed by atoms with Gasteiger partial charge in [0.15, 0.2) is 5.78 Å². The molecule has 0 fully saturated rings. The van der Waals surface area contributed by atoms with Gasteiger partial charge in [0.1, 0.15) is 5.78 Å². The number of Topliss-reactive ketones (excluding diaryl/α,β-unsaturated/α-hetero) is 2. The molecule has 0 saturated carbocycles. The van der Waals surface area contributed by atoms with Crippen molar-refractivity contribution in [2.24, 2.45) is 0 Å². The largest absolute Gasteiger partial charge is 0.298 e. The van der Waals surface area contributed by atoms with Crippen LogP contribution in [-0.2, 0) is 4.79 Å². The number of hydrogen-bond acceptors (Lipinski definition) is 2. The van der Waals surface area contributed by atoms with E-state index in [0.29, 0.717) is 12.8 Å². The van der Waals surface area contributed by atoms with Crippen LogP contribution in [0.25, 0.3) is 0 Å². The molecule has 1 aromatic carbocycles. The van der Waals surface area contributed by atoms with E-state index in [1.165, 1.54) is 0 Å². The molecule has 0 spiro atoms. The second kappa shape index (κ2) is 8.87. The zero-order valence-corrected chi connectivity index (χ0v) is 11.3. The third-order valence-electron chi connectivity index (χ3n) is 2.85. The highest BCUT2D eigenvalue weighted by atomic mass is 35.5. The van der Waals surface area contributed by atoms with Crippen LogP contribution in [0.1, 0.15) is 48.9 Å². The average Bonchev–Trinajstić information content (AvgIpc) is 2.43. The van der Waals surface area contributed by atoms with Gasteiger partial charge in [-0.3, -0.25) is 9.59 Å². The Balaban J connectivity index is 2.08. The van der Waals surface area contributed by atoms with Crippen molar-refractivity contribution in [1.29, 1.82) is 0 Å². The molecule has 0 atom stereocenters. The number of carbonyl (C=O) groups is 2.